The summed E-state index contributed by atoms with van der Waals surface area (Å²) in [6.07, 6.45) is 3.80. The second kappa shape index (κ2) is 5.33. The van der Waals surface area contributed by atoms with Crippen LogP contribution in [-0.2, 0) is 23.9 Å². The minimum atomic E-state index is -1.81. The van der Waals surface area contributed by atoms with Gasteiger partial charge >= 0.3 is 23.9 Å². The van der Waals surface area contributed by atoms with Crippen LogP contribution in [0.5, 0.6) is 0 Å². The molecule has 0 radical (unpaired) electrons. The summed E-state index contributed by atoms with van der Waals surface area (Å²) in [5.41, 5.74) is -3.83. The normalized spacial score (nSPS) is 44.0. The Bertz CT molecular complexity index is 771. The Morgan fingerprint density at radius 2 is 1.70 bits per heavy atom. The molecule has 2 bridgehead atoms. The Balaban J connectivity index is 1.72. The van der Waals surface area contributed by atoms with Gasteiger partial charge in [-0.1, -0.05) is 19.1 Å². The molecule has 3 aliphatic carbocycles. The fourth-order valence-electron chi connectivity index (χ4n) is 6.08. The molecule has 3 N–H and O–H groups in total. The van der Waals surface area contributed by atoms with Gasteiger partial charge < -0.3 is 20.1 Å². The fourth-order valence-corrected chi connectivity index (χ4v) is 6.08. The molecule has 27 heavy (non-hydrogen) atoms. The van der Waals surface area contributed by atoms with Crippen LogP contribution in [0.4, 0.5) is 0 Å². The number of ether oxygens (including phenoxy) is 1. The second-order valence-electron chi connectivity index (χ2n) is 8.75. The summed E-state index contributed by atoms with van der Waals surface area (Å²) in [5, 5.41) is 28.7. The predicted octanol–water partition coefficient (Wildman–Crippen LogP) is 1.54. The highest BCUT2D eigenvalue weighted by Crippen LogP contribution is 2.65. The van der Waals surface area contributed by atoms with Gasteiger partial charge in [0.15, 0.2) is 10.8 Å². The molecule has 0 aromatic heterocycles. The van der Waals surface area contributed by atoms with Gasteiger partial charge in [0.2, 0.25) is 0 Å². The number of carbonyl (C=O) groups is 4. The first-order valence-electron chi connectivity index (χ1n) is 9.17. The molecule has 1 saturated heterocycles. The molecule has 0 spiro atoms. The molecule has 4 rings (SSSR count). The van der Waals surface area contributed by atoms with Gasteiger partial charge in [0, 0.05) is 11.8 Å². The minimum absolute atomic E-state index is 0.00805. The molecule has 0 aromatic rings. The van der Waals surface area contributed by atoms with E-state index < -0.39 is 46.2 Å². The lowest BCUT2D eigenvalue weighted by Crippen LogP contribution is -2.57. The van der Waals surface area contributed by atoms with Crippen molar-refractivity contribution >= 4 is 23.9 Å². The summed E-state index contributed by atoms with van der Waals surface area (Å²) in [6.45, 7) is 1.97. The quantitative estimate of drug-likeness (QED) is 0.382. The molecule has 1 aliphatic heterocycles. The number of esters is 1. The van der Waals surface area contributed by atoms with Crippen molar-refractivity contribution in [1.82, 2.24) is 0 Å². The van der Waals surface area contributed by atoms with Gasteiger partial charge in [0.05, 0.1) is 0 Å². The molecule has 3 fully saturated rings. The van der Waals surface area contributed by atoms with Crippen molar-refractivity contribution in [3.8, 4) is 0 Å². The van der Waals surface area contributed by atoms with E-state index >= 15 is 0 Å². The van der Waals surface area contributed by atoms with E-state index in [2.05, 4.69) is 0 Å². The molecule has 0 aromatic carbocycles. The first-order chi connectivity index (χ1) is 12.6. The highest BCUT2D eigenvalue weighted by atomic mass is 16.6. The zero-order chi connectivity index (χ0) is 19.8. The molecule has 4 aliphatic rings. The van der Waals surface area contributed by atoms with Crippen molar-refractivity contribution in [3.63, 3.8) is 0 Å². The van der Waals surface area contributed by atoms with E-state index in [4.69, 9.17) is 4.74 Å². The number of allylic oxidation sites excluding steroid dienone is 2. The predicted molar refractivity (Wildman–Crippen MR) is 88.5 cm³/mol. The Hall–Kier alpha value is -2.38. The van der Waals surface area contributed by atoms with E-state index in [0.29, 0.717) is 6.42 Å². The van der Waals surface area contributed by atoms with Gasteiger partial charge in [0.1, 0.15) is 6.10 Å². The molecule has 2 saturated carbocycles. The third-order valence-corrected chi connectivity index (χ3v) is 7.84. The van der Waals surface area contributed by atoms with Crippen LogP contribution < -0.4 is 0 Å². The Morgan fingerprint density at radius 3 is 2.30 bits per heavy atom. The lowest BCUT2D eigenvalue weighted by Gasteiger charge is -2.56. The molecule has 6 atom stereocenters. The van der Waals surface area contributed by atoms with Gasteiger partial charge in [-0.05, 0) is 43.4 Å². The maximum Gasteiger partial charge on any atom is 0.323 e. The Morgan fingerprint density at radius 1 is 1.04 bits per heavy atom. The standard InChI is InChI=1S/C19H22O8/c1-17-10(7-19(15(24)25)8-12(17)27-16(19)26)3-2-9-6-18(13(20)21,14(22)23)5-4-11(9)17/h2-3,9-12H,4-8H2,1H3,(H,20,21)(H,22,23)(H,24,25)/t9?,10-,11?,12+,17-,19+/m1/s1. The number of carboxylic acid groups (broad SMARTS) is 3. The van der Waals surface area contributed by atoms with Gasteiger partial charge in [-0.2, -0.15) is 0 Å². The number of carboxylic acids is 3. The zero-order valence-corrected chi connectivity index (χ0v) is 14.9. The Labute approximate surface area is 155 Å². The third kappa shape index (κ3) is 2.04. The number of hydrogen-bond acceptors (Lipinski definition) is 5. The largest absolute Gasteiger partial charge is 0.480 e. The Kier molecular flexibility index (Phi) is 3.55. The van der Waals surface area contributed by atoms with Crippen LogP contribution in [0.2, 0.25) is 0 Å². The van der Waals surface area contributed by atoms with E-state index in [-0.39, 0.29) is 43.4 Å². The molecule has 8 heteroatoms. The van der Waals surface area contributed by atoms with E-state index in [1.54, 1.807) is 0 Å². The SMILES string of the molecule is C[C@]12C3CCC(C(=O)O)(C(=O)O)CC3C=C[C@@H]1C[C@@]1(C(=O)O)C[C@@H]2OC1=O. The average molecular weight is 378 g/mol. The minimum Gasteiger partial charge on any atom is -0.480 e. The van der Waals surface area contributed by atoms with Crippen LogP contribution in [0, 0.1) is 34.0 Å². The van der Waals surface area contributed by atoms with Crippen LogP contribution >= 0.6 is 0 Å². The zero-order valence-electron chi connectivity index (χ0n) is 14.9. The third-order valence-electron chi connectivity index (χ3n) is 7.84. The topological polar surface area (TPSA) is 138 Å². The number of fused-ring (bicyclic) bond motifs is 6. The number of carbonyl (C=O) groups excluding carboxylic acids is 1. The summed E-state index contributed by atoms with van der Waals surface area (Å²) in [7, 11) is 0. The van der Waals surface area contributed by atoms with Gasteiger partial charge in [-0.3, -0.25) is 19.2 Å². The summed E-state index contributed by atoms with van der Waals surface area (Å²) in [6, 6.07) is 0. The van der Waals surface area contributed by atoms with Crippen molar-refractivity contribution in [2.45, 2.75) is 45.1 Å². The smallest absolute Gasteiger partial charge is 0.323 e. The summed E-state index contributed by atoms with van der Waals surface area (Å²) in [5.74, 6) is -4.99. The fraction of sp³-hybridized carbons (Fsp3) is 0.684. The van der Waals surface area contributed by atoms with Crippen molar-refractivity contribution in [2.24, 2.45) is 34.0 Å². The number of rotatable bonds is 3. The van der Waals surface area contributed by atoms with Crippen LogP contribution in [0.3, 0.4) is 0 Å². The molecular formula is C19H22O8. The first kappa shape index (κ1) is 18.0. The lowest BCUT2D eigenvalue weighted by molar-refractivity contribution is -0.174. The average Bonchev–Trinajstić information content (AvgIpc) is 2.90. The molecular weight excluding hydrogens is 356 g/mol. The first-order valence-corrected chi connectivity index (χ1v) is 9.17. The maximum atomic E-state index is 12.4. The molecule has 8 nitrogen and oxygen atoms in total. The number of hydrogen-bond donors (Lipinski definition) is 3. The lowest BCUT2D eigenvalue weighted by atomic mass is 9.46. The molecule has 146 valence electrons. The van der Waals surface area contributed by atoms with Crippen LogP contribution in [0.15, 0.2) is 12.2 Å². The highest BCUT2D eigenvalue weighted by molar-refractivity contribution is 6.01. The van der Waals surface area contributed by atoms with Gasteiger partial charge in [-0.15, -0.1) is 0 Å². The van der Waals surface area contributed by atoms with E-state index in [9.17, 15) is 34.5 Å². The highest BCUT2D eigenvalue weighted by Gasteiger charge is 2.69. The summed E-state index contributed by atoms with van der Waals surface area (Å²) >= 11 is 0. The molecule has 1 heterocycles. The van der Waals surface area contributed by atoms with Crippen LogP contribution in [-0.4, -0.2) is 45.3 Å². The van der Waals surface area contributed by atoms with Crippen molar-refractivity contribution in [3.05, 3.63) is 12.2 Å². The maximum absolute atomic E-state index is 12.4. The summed E-state index contributed by atoms with van der Waals surface area (Å²) < 4.78 is 5.53. The molecule has 0 amide bonds. The molecule has 2 unspecified atom stereocenters. The van der Waals surface area contributed by atoms with Gasteiger partial charge in [0.25, 0.3) is 0 Å². The van der Waals surface area contributed by atoms with E-state index in [1.165, 1.54) is 0 Å². The second-order valence-corrected chi connectivity index (χ2v) is 8.75. The van der Waals surface area contributed by atoms with Crippen molar-refractivity contribution < 1.29 is 39.2 Å². The van der Waals surface area contributed by atoms with Gasteiger partial charge in [-0.25, -0.2) is 0 Å². The van der Waals surface area contributed by atoms with Crippen molar-refractivity contribution in [2.75, 3.05) is 0 Å². The van der Waals surface area contributed by atoms with Crippen LogP contribution in [0.1, 0.15) is 39.0 Å². The monoisotopic (exact) mass is 378 g/mol. The number of aliphatic carboxylic acids is 3. The summed E-state index contributed by atoms with van der Waals surface area (Å²) in [4.78, 5) is 47.6. The van der Waals surface area contributed by atoms with E-state index in [1.807, 2.05) is 19.1 Å². The van der Waals surface area contributed by atoms with Crippen molar-refractivity contribution in [1.29, 1.82) is 0 Å². The van der Waals surface area contributed by atoms with E-state index in [0.717, 1.165) is 0 Å². The van der Waals surface area contributed by atoms with Crippen LogP contribution in [0.25, 0.3) is 0 Å².